The van der Waals surface area contributed by atoms with Crippen molar-refractivity contribution in [3.63, 3.8) is 0 Å². The zero-order chi connectivity index (χ0) is 24.4. The predicted molar refractivity (Wildman–Crippen MR) is 137 cm³/mol. The number of benzene rings is 3. The summed E-state index contributed by atoms with van der Waals surface area (Å²) in [5.74, 6) is -0.151. The molecule has 0 fully saturated rings. The van der Waals surface area contributed by atoms with Crippen LogP contribution in [-0.2, 0) is 0 Å². The van der Waals surface area contributed by atoms with E-state index in [-0.39, 0.29) is 16.6 Å². The number of thiocarbonyl (C=S) groups is 1. The van der Waals surface area contributed by atoms with Crippen LogP contribution in [0.1, 0.15) is 21.1 Å². The third-order valence-corrected chi connectivity index (χ3v) is 5.44. The normalized spacial score (nSPS) is 10.8. The molecule has 0 saturated carbocycles. The van der Waals surface area contributed by atoms with Gasteiger partial charge < -0.3 is 24.2 Å². The van der Waals surface area contributed by atoms with Crippen molar-refractivity contribution in [2.75, 3.05) is 17.7 Å². The van der Waals surface area contributed by atoms with Crippen LogP contribution in [0.5, 0.6) is 5.75 Å². The number of para-hydroxylation sites is 2. The van der Waals surface area contributed by atoms with E-state index in [1.165, 1.54) is 7.11 Å². The van der Waals surface area contributed by atoms with Crippen LogP contribution in [0.3, 0.4) is 0 Å². The number of hydrogen-bond donors (Lipinski definition) is 3. The van der Waals surface area contributed by atoms with E-state index in [9.17, 15) is 9.59 Å². The van der Waals surface area contributed by atoms with Gasteiger partial charge in [-0.05, 0) is 48.6 Å². The quantitative estimate of drug-likeness (QED) is 0.280. The van der Waals surface area contributed by atoms with Gasteiger partial charge in [0.2, 0.25) is 0 Å². The molecule has 8 nitrogen and oxygen atoms in total. The Hall–Kier alpha value is -4.63. The number of carbonyl (C=O) groups excluding carboxylic acids is 2. The molecule has 0 atom stereocenters. The number of furan rings is 2. The highest BCUT2D eigenvalue weighted by atomic mass is 32.1. The molecule has 5 rings (SSSR count). The second-order valence-electron chi connectivity index (χ2n) is 7.57. The van der Waals surface area contributed by atoms with Crippen LogP contribution in [0, 0.1) is 0 Å². The molecular formula is C26H19N3O5S. The third kappa shape index (κ3) is 4.71. The Bertz CT molecular complexity index is 1520. The van der Waals surface area contributed by atoms with Crippen molar-refractivity contribution in [1.82, 2.24) is 5.32 Å². The minimum Gasteiger partial charge on any atom is -0.494 e. The van der Waals surface area contributed by atoms with Gasteiger partial charge in [0.05, 0.1) is 12.8 Å². The summed E-state index contributed by atoms with van der Waals surface area (Å²) < 4.78 is 16.6. The lowest BCUT2D eigenvalue weighted by Crippen LogP contribution is -2.33. The maximum atomic E-state index is 12.7. The van der Waals surface area contributed by atoms with Gasteiger partial charge in [0, 0.05) is 22.5 Å². The van der Waals surface area contributed by atoms with Gasteiger partial charge in [0.15, 0.2) is 16.6 Å². The Morgan fingerprint density at radius 3 is 1.97 bits per heavy atom. The molecule has 0 unspecified atom stereocenters. The van der Waals surface area contributed by atoms with Crippen molar-refractivity contribution in [2.24, 2.45) is 0 Å². The number of rotatable bonds is 5. The minimum atomic E-state index is -0.472. The van der Waals surface area contributed by atoms with Crippen molar-refractivity contribution >= 4 is 62.5 Å². The van der Waals surface area contributed by atoms with Gasteiger partial charge in [-0.25, -0.2) is 0 Å². The van der Waals surface area contributed by atoms with Gasteiger partial charge in [0.1, 0.15) is 16.9 Å². The highest BCUT2D eigenvalue weighted by molar-refractivity contribution is 7.80. The van der Waals surface area contributed by atoms with E-state index in [2.05, 4.69) is 16.0 Å². The second kappa shape index (κ2) is 9.32. The minimum absolute atomic E-state index is 0.0802. The zero-order valence-corrected chi connectivity index (χ0v) is 19.3. The molecule has 0 aliphatic rings. The first-order valence-corrected chi connectivity index (χ1v) is 11.0. The Morgan fingerprint density at radius 2 is 1.37 bits per heavy atom. The monoisotopic (exact) mass is 485 g/mol. The first-order valence-electron chi connectivity index (χ1n) is 10.6. The molecule has 0 aliphatic carbocycles. The topological polar surface area (TPSA) is 106 Å². The van der Waals surface area contributed by atoms with Crippen LogP contribution in [0.15, 0.2) is 87.7 Å². The Morgan fingerprint density at radius 1 is 0.771 bits per heavy atom. The van der Waals surface area contributed by atoms with E-state index in [0.29, 0.717) is 28.3 Å². The molecule has 35 heavy (non-hydrogen) atoms. The summed E-state index contributed by atoms with van der Waals surface area (Å²) in [6.45, 7) is 0. The lowest BCUT2D eigenvalue weighted by molar-refractivity contribution is 0.0951. The molecule has 2 amide bonds. The summed E-state index contributed by atoms with van der Waals surface area (Å²) in [5, 5.41) is 10.0. The standard InChI is InChI=1S/C26H19N3O5S/c1-32-21-14-17(27-26(35)29-25(31)23-13-16-7-3-5-9-20(16)34-23)10-11-18(21)28-24(30)22-12-15-6-2-4-8-19(15)33-22/h2-14H,1H3,(H,28,30)(H2,27,29,31,35). The van der Waals surface area contributed by atoms with Crippen molar-refractivity contribution in [3.05, 3.63) is 90.4 Å². The third-order valence-electron chi connectivity index (χ3n) is 5.23. The summed E-state index contributed by atoms with van der Waals surface area (Å²) >= 11 is 5.26. The van der Waals surface area contributed by atoms with E-state index >= 15 is 0 Å². The molecule has 2 heterocycles. The van der Waals surface area contributed by atoms with Gasteiger partial charge >= 0.3 is 0 Å². The van der Waals surface area contributed by atoms with Crippen molar-refractivity contribution in [3.8, 4) is 5.75 Å². The predicted octanol–water partition coefficient (Wildman–Crippen LogP) is 5.57. The van der Waals surface area contributed by atoms with E-state index < -0.39 is 11.8 Å². The van der Waals surface area contributed by atoms with Gasteiger partial charge in [-0.1, -0.05) is 36.4 Å². The SMILES string of the molecule is COc1cc(NC(=S)NC(=O)c2cc3ccccc3o2)ccc1NC(=O)c1cc2ccccc2o1. The van der Waals surface area contributed by atoms with Crippen LogP contribution in [-0.4, -0.2) is 24.0 Å². The molecule has 5 aromatic rings. The van der Waals surface area contributed by atoms with Gasteiger partial charge in [-0.3, -0.25) is 14.9 Å². The summed E-state index contributed by atoms with van der Waals surface area (Å²) in [6.07, 6.45) is 0. The summed E-state index contributed by atoms with van der Waals surface area (Å²) in [4.78, 5) is 25.2. The summed E-state index contributed by atoms with van der Waals surface area (Å²) in [6, 6.07) is 23.0. The van der Waals surface area contributed by atoms with Gasteiger partial charge in [-0.15, -0.1) is 0 Å². The first-order chi connectivity index (χ1) is 17.0. The lowest BCUT2D eigenvalue weighted by Gasteiger charge is -2.13. The number of ether oxygens (including phenoxy) is 1. The average Bonchev–Trinajstić information content (AvgIpc) is 3.49. The van der Waals surface area contributed by atoms with Gasteiger partial charge in [-0.2, -0.15) is 0 Å². The molecule has 0 saturated heterocycles. The van der Waals surface area contributed by atoms with Crippen LogP contribution < -0.4 is 20.7 Å². The molecule has 0 spiro atoms. The van der Waals surface area contributed by atoms with E-state index in [4.69, 9.17) is 25.8 Å². The van der Waals surface area contributed by atoms with E-state index in [1.54, 1.807) is 42.5 Å². The van der Waals surface area contributed by atoms with E-state index in [1.807, 2.05) is 36.4 Å². The molecule has 0 aliphatic heterocycles. The molecule has 9 heteroatoms. The summed E-state index contributed by atoms with van der Waals surface area (Å²) in [5.41, 5.74) is 2.24. The molecular weight excluding hydrogens is 466 g/mol. The van der Waals surface area contributed by atoms with Gasteiger partial charge in [0.25, 0.3) is 11.8 Å². The average molecular weight is 486 g/mol. The maximum absolute atomic E-state index is 12.7. The number of methoxy groups -OCH3 is 1. The van der Waals surface area contributed by atoms with Crippen molar-refractivity contribution in [2.45, 2.75) is 0 Å². The maximum Gasteiger partial charge on any atom is 0.293 e. The fourth-order valence-corrected chi connectivity index (χ4v) is 3.78. The number of nitrogens with one attached hydrogen (secondary N) is 3. The Labute approximate surface area is 204 Å². The van der Waals surface area contributed by atoms with Crippen molar-refractivity contribution in [1.29, 1.82) is 0 Å². The number of amides is 2. The van der Waals surface area contributed by atoms with Crippen LogP contribution >= 0.6 is 12.2 Å². The highest BCUT2D eigenvalue weighted by Crippen LogP contribution is 2.29. The second-order valence-corrected chi connectivity index (χ2v) is 7.98. The number of hydrogen-bond acceptors (Lipinski definition) is 6. The Balaban J connectivity index is 1.25. The molecule has 3 aromatic carbocycles. The largest absolute Gasteiger partial charge is 0.494 e. The van der Waals surface area contributed by atoms with Crippen LogP contribution in [0.25, 0.3) is 21.9 Å². The molecule has 0 bridgehead atoms. The number of anilines is 2. The van der Waals surface area contributed by atoms with Crippen LogP contribution in [0.2, 0.25) is 0 Å². The first kappa shape index (κ1) is 22.2. The highest BCUT2D eigenvalue weighted by Gasteiger charge is 2.16. The number of fused-ring (bicyclic) bond motifs is 2. The summed E-state index contributed by atoms with van der Waals surface area (Å²) in [7, 11) is 1.48. The fourth-order valence-electron chi connectivity index (χ4n) is 3.57. The smallest absolute Gasteiger partial charge is 0.293 e. The molecule has 0 radical (unpaired) electrons. The molecule has 3 N–H and O–H groups in total. The van der Waals surface area contributed by atoms with E-state index in [0.717, 1.165) is 10.8 Å². The molecule has 2 aromatic heterocycles. The lowest BCUT2D eigenvalue weighted by atomic mass is 10.2. The molecule has 174 valence electrons. The van der Waals surface area contributed by atoms with Crippen LogP contribution in [0.4, 0.5) is 11.4 Å². The zero-order valence-electron chi connectivity index (χ0n) is 18.5. The number of carbonyl (C=O) groups is 2. The Kier molecular flexibility index (Phi) is 5.90. The van der Waals surface area contributed by atoms with Crippen molar-refractivity contribution < 1.29 is 23.2 Å². The fraction of sp³-hybridized carbons (Fsp3) is 0.0385.